The highest BCUT2D eigenvalue weighted by Gasteiger charge is 2.34. The Kier molecular flexibility index (Phi) is 3.90. The molecule has 2 amide bonds. The van der Waals surface area contributed by atoms with Crippen LogP contribution in [0.4, 0.5) is 14.9 Å². The van der Waals surface area contributed by atoms with Crippen molar-refractivity contribution in [3.63, 3.8) is 0 Å². The number of rotatable bonds is 2. The zero-order chi connectivity index (χ0) is 14.0. The number of amides is 2. The molecule has 0 saturated carbocycles. The first kappa shape index (κ1) is 13.6. The van der Waals surface area contributed by atoms with Crippen molar-refractivity contribution in [2.75, 3.05) is 11.9 Å². The zero-order valence-electron chi connectivity index (χ0n) is 9.90. The predicted octanol–water partition coefficient (Wildman–Crippen LogP) is 2.56. The third-order valence-electron chi connectivity index (χ3n) is 2.97. The van der Waals surface area contributed by atoms with E-state index in [0.29, 0.717) is 19.4 Å². The van der Waals surface area contributed by atoms with Crippen LogP contribution in [0.25, 0.3) is 0 Å². The van der Waals surface area contributed by atoms with Crippen LogP contribution in [0.2, 0.25) is 5.02 Å². The second kappa shape index (κ2) is 5.44. The molecule has 0 bridgehead atoms. The lowest BCUT2D eigenvalue weighted by Crippen LogP contribution is -2.42. The van der Waals surface area contributed by atoms with Gasteiger partial charge in [0, 0.05) is 11.6 Å². The van der Waals surface area contributed by atoms with Crippen LogP contribution in [-0.4, -0.2) is 34.6 Å². The summed E-state index contributed by atoms with van der Waals surface area (Å²) in [5.41, 5.74) is -0.0227. The van der Waals surface area contributed by atoms with Gasteiger partial charge in [0.15, 0.2) is 0 Å². The summed E-state index contributed by atoms with van der Waals surface area (Å²) in [5, 5.41) is 11.6. The number of carboxylic acids is 1. The fourth-order valence-electron chi connectivity index (χ4n) is 2.04. The molecule has 1 saturated heterocycles. The summed E-state index contributed by atoms with van der Waals surface area (Å²) >= 11 is 5.60. The van der Waals surface area contributed by atoms with Gasteiger partial charge in [-0.2, -0.15) is 0 Å². The summed E-state index contributed by atoms with van der Waals surface area (Å²) in [5.74, 6) is -1.71. The van der Waals surface area contributed by atoms with Gasteiger partial charge in [0.2, 0.25) is 0 Å². The number of carboxylic acid groups (broad SMARTS) is 1. The monoisotopic (exact) mass is 286 g/mol. The topological polar surface area (TPSA) is 69.6 Å². The van der Waals surface area contributed by atoms with Crippen molar-refractivity contribution in [1.82, 2.24) is 4.90 Å². The number of aliphatic carboxylic acids is 1. The van der Waals surface area contributed by atoms with E-state index in [1.54, 1.807) is 0 Å². The van der Waals surface area contributed by atoms with E-state index in [2.05, 4.69) is 5.32 Å². The van der Waals surface area contributed by atoms with Crippen molar-refractivity contribution < 1.29 is 19.1 Å². The number of halogens is 2. The maximum atomic E-state index is 13.5. The molecule has 1 aromatic rings. The average molecular weight is 287 g/mol. The van der Waals surface area contributed by atoms with Crippen molar-refractivity contribution in [2.24, 2.45) is 0 Å². The number of benzene rings is 1. The van der Waals surface area contributed by atoms with Crippen LogP contribution in [0.3, 0.4) is 0 Å². The second-order valence-corrected chi connectivity index (χ2v) is 4.68. The number of urea groups is 1. The molecule has 0 spiro atoms. The van der Waals surface area contributed by atoms with Gasteiger partial charge in [0.05, 0.1) is 5.69 Å². The second-order valence-electron chi connectivity index (χ2n) is 4.24. The molecule has 2 rings (SSSR count). The Morgan fingerprint density at radius 2 is 2.21 bits per heavy atom. The smallest absolute Gasteiger partial charge is 0.326 e. The maximum Gasteiger partial charge on any atom is 0.326 e. The molecule has 1 fully saturated rings. The number of nitrogens with one attached hydrogen (secondary N) is 1. The molecule has 0 radical (unpaired) electrons. The van der Waals surface area contributed by atoms with E-state index in [0.717, 1.165) is 6.07 Å². The highest BCUT2D eigenvalue weighted by atomic mass is 35.5. The van der Waals surface area contributed by atoms with Crippen LogP contribution in [-0.2, 0) is 4.79 Å². The normalized spacial score (nSPS) is 18.4. The first-order chi connectivity index (χ1) is 8.99. The maximum absolute atomic E-state index is 13.5. The highest BCUT2D eigenvalue weighted by Crippen LogP contribution is 2.22. The molecule has 1 aliphatic rings. The Bertz CT molecular complexity index is 524. The SMILES string of the molecule is O=C(O)[C@H]1CCCN1C(=O)Nc1ccc(Cl)cc1F. The Balaban J connectivity index is 2.10. The summed E-state index contributed by atoms with van der Waals surface area (Å²) in [4.78, 5) is 24.1. The summed E-state index contributed by atoms with van der Waals surface area (Å²) in [6.07, 6.45) is 1.03. The zero-order valence-corrected chi connectivity index (χ0v) is 10.7. The number of anilines is 1. The third kappa shape index (κ3) is 2.96. The van der Waals surface area contributed by atoms with Gasteiger partial charge in [-0.3, -0.25) is 0 Å². The highest BCUT2D eigenvalue weighted by molar-refractivity contribution is 6.30. The lowest BCUT2D eigenvalue weighted by atomic mass is 10.2. The van der Waals surface area contributed by atoms with Crippen molar-refractivity contribution in [2.45, 2.75) is 18.9 Å². The summed E-state index contributed by atoms with van der Waals surface area (Å²) in [7, 11) is 0. The molecule has 0 aliphatic carbocycles. The van der Waals surface area contributed by atoms with E-state index >= 15 is 0 Å². The lowest BCUT2D eigenvalue weighted by Gasteiger charge is -2.21. The molecular weight excluding hydrogens is 275 g/mol. The van der Waals surface area contributed by atoms with Gasteiger partial charge in [-0.25, -0.2) is 14.0 Å². The number of carbonyl (C=O) groups is 2. The number of hydrogen-bond acceptors (Lipinski definition) is 2. The van der Waals surface area contributed by atoms with Crippen LogP contribution < -0.4 is 5.32 Å². The van der Waals surface area contributed by atoms with Crippen LogP contribution >= 0.6 is 11.6 Å². The first-order valence-electron chi connectivity index (χ1n) is 5.74. The van der Waals surface area contributed by atoms with E-state index in [1.807, 2.05) is 0 Å². The fraction of sp³-hybridized carbons (Fsp3) is 0.333. The molecule has 0 aromatic heterocycles. The molecule has 19 heavy (non-hydrogen) atoms. The molecule has 1 aliphatic heterocycles. The Morgan fingerprint density at radius 3 is 2.84 bits per heavy atom. The molecule has 7 heteroatoms. The number of likely N-dealkylation sites (tertiary alicyclic amines) is 1. The van der Waals surface area contributed by atoms with Gasteiger partial charge >= 0.3 is 12.0 Å². The van der Waals surface area contributed by atoms with Gasteiger partial charge in [-0.15, -0.1) is 0 Å². The minimum absolute atomic E-state index is 0.0227. The minimum Gasteiger partial charge on any atom is -0.480 e. The van der Waals surface area contributed by atoms with E-state index in [1.165, 1.54) is 17.0 Å². The van der Waals surface area contributed by atoms with Crippen molar-refractivity contribution in [3.8, 4) is 0 Å². The van der Waals surface area contributed by atoms with E-state index in [9.17, 15) is 14.0 Å². The molecule has 2 N–H and O–H groups in total. The molecule has 5 nitrogen and oxygen atoms in total. The van der Waals surface area contributed by atoms with Crippen LogP contribution in [0.15, 0.2) is 18.2 Å². The van der Waals surface area contributed by atoms with Gasteiger partial charge in [0.1, 0.15) is 11.9 Å². The van der Waals surface area contributed by atoms with Crippen LogP contribution in [0.1, 0.15) is 12.8 Å². The van der Waals surface area contributed by atoms with E-state index in [4.69, 9.17) is 16.7 Å². The third-order valence-corrected chi connectivity index (χ3v) is 3.21. The van der Waals surface area contributed by atoms with Crippen LogP contribution in [0, 0.1) is 5.82 Å². The summed E-state index contributed by atoms with van der Waals surface area (Å²) < 4.78 is 13.5. The van der Waals surface area contributed by atoms with Gasteiger partial charge < -0.3 is 15.3 Å². The largest absolute Gasteiger partial charge is 0.480 e. The number of nitrogens with zero attached hydrogens (tertiary/aromatic N) is 1. The average Bonchev–Trinajstić information content (AvgIpc) is 2.82. The van der Waals surface area contributed by atoms with Crippen molar-refractivity contribution in [3.05, 3.63) is 29.0 Å². The Labute approximate surface area is 114 Å². The molecule has 102 valence electrons. The van der Waals surface area contributed by atoms with Gasteiger partial charge in [-0.05, 0) is 31.0 Å². The van der Waals surface area contributed by atoms with E-state index < -0.39 is 23.9 Å². The van der Waals surface area contributed by atoms with Crippen molar-refractivity contribution >= 4 is 29.3 Å². The fourth-order valence-corrected chi connectivity index (χ4v) is 2.20. The first-order valence-corrected chi connectivity index (χ1v) is 6.12. The Hall–Kier alpha value is -1.82. The van der Waals surface area contributed by atoms with E-state index in [-0.39, 0.29) is 10.7 Å². The van der Waals surface area contributed by atoms with Gasteiger partial charge in [0.25, 0.3) is 0 Å². The van der Waals surface area contributed by atoms with Crippen molar-refractivity contribution in [1.29, 1.82) is 0 Å². The molecule has 0 unspecified atom stereocenters. The lowest BCUT2D eigenvalue weighted by molar-refractivity contribution is -0.141. The molecule has 1 heterocycles. The molecule has 1 atom stereocenters. The quantitative estimate of drug-likeness (QED) is 0.878. The number of hydrogen-bond donors (Lipinski definition) is 2. The molecular formula is C12H12ClFN2O3. The summed E-state index contributed by atoms with van der Waals surface area (Å²) in [6, 6.07) is 2.39. The predicted molar refractivity (Wildman–Crippen MR) is 67.8 cm³/mol. The Morgan fingerprint density at radius 1 is 1.47 bits per heavy atom. The van der Waals surface area contributed by atoms with Gasteiger partial charge in [-0.1, -0.05) is 11.6 Å². The standard InChI is InChI=1S/C12H12ClFN2O3/c13-7-3-4-9(8(14)6-7)15-12(19)16-5-1-2-10(16)11(17)18/h3-4,6,10H,1-2,5H2,(H,15,19)(H,17,18)/t10-/m1/s1. The minimum atomic E-state index is -1.05. The number of carbonyl (C=O) groups excluding carboxylic acids is 1. The summed E-state index contributed by atoms with van der Waals surface area (Å²) in [6.45, 7) is 0.345. The molecule has 1 aromatic carbocycles. The van der Waals surface area contributed by atoms with Crippen LogP contribution in [0.5, 0.6) is 0 Å².